The normalized spacial score (nSPS) is 12.1. The maximum atomic E-state index is 5.19. The predicted octanol–water partition coefficient (Wildman–Crippen LogP) is 2.75. The summed E-state index contributed by atoms with van der Waals surface area (Å²) in [6.45, 7) is 3.62. The minimum Gasteiger partial charge on any atom is -0.497 e. The Kier molecular flexibility index (Phi) is 5.63. The fourth-order valence-electron chi connectivity index (χ4n) is 2.24. The van der Waals surface area contributed by atoms with Crippen LogP contribution in [0.3, 0.4) is 0 Å². The maximum absolute atomic E-state index is 5.19. The highest BCUT2D eigenvalue weighted by molar-refractivity contribution is 5.30. The Hall–Kier alpha value is -2.01. The number of imidazole rings is 1. The zero-order valence-corrected chi connectivity index (χ0v) is 12.9. The number of anilines is 1. The topological polar surface area (TPSA) is 48.3 Å². The number of methoxy groups -OCH3 is 2. The van der Waals surface area contributed by atoms with Crippen LogP contribution in [0.2, 0.25) is 0 Å². The highest BCUT2D eigenvalue weighted by atomic mass is 16.5. The summed E-state index contributed by atoms with van der Waals surface area (Å²) < 4.78 is 12.4. The molecule has 1 unspecified atom stereocenters. The lowest BCUT2D eigenvalue weighted by molar-refractivity contribution is 0.163. The molecule has 0 radical (unpaired) electrons. The summed E-state index contributed by atoms with van der Waals surface area (Å²) in [5.41, 5.74) is 1.27. The molecule has 114 valence electrons. The summed E-state index contributed by atoms with van der Waals surface area (Å²) in [5, 5.41) is 3.37. The van der Waals surface area contributed by atoms with Crippen LogP contribution < -0.4 is 10.1 Å². The van der Waals surface area contributed by atoms with Gasteiger partial charge in [-0.3, -0.25) is 0 Å². The van der Waals surface area contributed by atoms with E-state index in [2.05, 4.69) is 33.9 Å². The van der Waals surface area contributed by atoms with E-state index in [0.717, 1.165) is 24.7 Å². The van der Waals surface area contributed by atoms with Crippen LogP contribution in [0.5, 0.6) is 5.75 Å². The first kappa shape index (κ1) is 15.4. The monoisotopic (exact) mass is 289 g/mol. The van der Waals surface area contributed by atoms with Crippen LogP contribution in [0.4, 0.5) is 5.95 Å². The van der Waals surface area contributed by atoms with Crippen LogP contribution in [-0.2, 0) is 11.2 Å². The molecule has 1 aromatic heterocycles. The summed E-state index contributed by atoms with van der Waals surface area (Å²) >= 11 is 0. The Bertz CT molecular complexity index is 537. The van der Waals surface area contributed by atoms with Gasteiger partial charge in [-0.1, -0.05) is 12.1 Å². The number of aromatic nitrogens is 2. The number of nitrogens with one attached hydrogen (secondary N) is 1. The second kappa shape index (κ2) is 7.69. The molecule has 0 aliphatic carbocycles. The number of rotatable bonds is 8. The first-order valence-corrected chi connectivity index (χ1v) is 7.13. The van der Waals surface area contributed by atoms with Crippen molar-refractivity contribution in [2.75, 3.05) is 32.7 Å². The van der Waals surface area contributed by atoms with Crippen molar-refractivity contribution in [2.45, 2.75) is 19.4 Å². The Balaban J connectivity index is 1.87. The van der Waals surface area contributed by atoms with Crippen molar-refractivity contribution in [2.24, 2.45) is 0 Å². The number of hydrogen-bond acceptors (Lipinski definition) is 4. The van der Waals surface area contributed by atoms with Gasteiger partial charge in [-0.05, 0) is 31.0 Å². The highest BCUT2D eigenvalue weighted by Crippen LogP contribution is 2.15. The standard InChI is InChI=1S/C16H23N3O2/c1-13(12-20-2)19-11-10-18-16(19)17-9-8-14-4-6-15(21-3)7-5-14/h4-7,10-11,13H,8-9,12H2,1-3H3,(H,17,18). The third-order valence-corrected chi connectivity index (χ3v) is 3.41. The van der Waals surface area contributed by atoms with Gasteiger partial charge in [-0.2, -0.15) is 0 Å². The summed E-state index contributed by atoms with van der Waals surface area (Å²) in [4.78, 5) is 4.35. The van der Waals surface area contributed by atoms with Gasteiger partial charge in [0.25, 0.3) is 0 Å². The smallest absolute Gasteiger partial charge is 0.203 e. The van der Waals surface area contributed by atoms with Gasteiger partial charge in [0.05, 0.1) is 19.8 Å². The lowest BCUT2D eigenvalue weighted by atomic mass is 10.1. The Morgan fingerprint density at radius 1 is 1.24 bits per heavy atom. The summed E-state index contributed by atoms with van der Waals surface area (Å²) in [7, 11) is 3.39. The molecule has 0 saturated heterocycles. The van der Waals surface area contributed by atoms with Gasteiger partial charge in [-0.25, -0.2) is 4.98 Å². The highest BCUT2D eigenvalue weighted by Gasteiger charge is 2.09. The Morgan fingerprint density at radius 3 is 2.67 bits per heavy atom. The number of benzene rings is 1. The van der Waals surface area contributed by atoms with E-state index in [4.69, 9.17) is 9.47 Å². The van der Waals surface area contributed by atoms with E-state index in [9.17, 15) is 0 Å². The summed E-state index contributed by atoms with van der Waals surface area (Å²) in [5.74, 6) is 1.77. The van der Waals surface area contributed by atoms with E-state index in [1.165, 1.54) is 5.56 Å². The van der Waals surface area contributed by atoms with Crippen LogP contribution in [0.15, 0.2) is 36.7 Å². The number of hydrogen-bond donors (Lipinski definition) is 1. The molecule has 2 aromatic rings. The van der Waals surface area contributed by atoms with Crippen molar-refractivity contribution < 1.29 is 9.47 Å². The molecule has 5 nitrogen and oxygen atoms in total. The zero-order chi connectivity index (χ0) is 15.1. The minimum atomic E-state index is 0.265. The van der Waals surface area contributed by atoms with Gasteiger partial charge >= 0.3 is 0 Å². The van der Waals surface area contributed by atoms with Gasteiger partial charge in [-0.15, -0.1) is 0 Å². The van der Waals surface area contributed by atoms with E-state index < -0.39 is 0 Å². The Morgan fingerprint density at radius 2 is 2.00 bits per heavy atom. The van der Waals surface area contributed by atoms with E-state index in [1.54, 1.807) is 14.2 Å². The molecular weight excluding hydrogens is 266 g/mol. The van der Waals surface area contributed by atoms with Crippen molar-refractivity contribution >= 4 is 5.95 Å². The number of ether oxygens (including phenoxy) is 2. The summed E-state index contributed by atoms with van der Waals surface area (Å²) in [6, 6.07) is 8.40. The molecule has 0 aliphatic rings. The summed E-state index contributed by atoms with van der Waals surface area (Å²) in [6.07, 6.45) is 4.72. The number of nitrogens with zero attached hydrogens (tertiary/aromatic N) is 2. The van der Waals surface area contributed by atoms with E-state index in [0.29, 0.717) is 6.61 Å². The van der Waals surface area contributed by atoms with E-state index in [-0.39, 0.29) is 6.04 Å². The van der Waals surface area contributed by atoms with Gasteiger partial charge in [0.2, 0.25) is 5.95 Å². The van der Waals surface area contributed by atoms with Gasteiger partial charge < -0.3 is 19.4 Å². The van der Waals surface area contributed by atoms with Crippen LogP contribution in [-0.4, -0.2) is 36.9 Å². The molecular formula is C16H23N3O2. The molecule has 2 rings (SSSR count). The third kappa shape index (κ3) is 4.23. The lowest BCUT2D eigenvalue weighted by Gasteiger charge is -2.16. The van der Waals surface area contributed by atoms with Crippen molar-refractivity contribution in [3.05, 3.63) is 42.2 Å². The van der Waals surface area contributed by atoms with Crippen LogP contribution in [0.1, 0.15) is 18.5 Å². The van der Waals surface area contributed by atoms with Gasteiger partial charge in [0.1, 0.15) is 5.75 Å². The molecule has 0 spiro atoms. The van der Waals surface area contributed by atoms with Crippen molar-refractivity contribution in [3.63, 3.8) is 0 Å². The van der Waals surface area contributed by atoms with E-state index >= 15 is 0 Å². The predicted molar refractivity (Wildman–Crippen MR) is 84.0 cm³/mol. The molecule has 1 atom stereocenters. The second-order valence-corrected chi connectivity index (χ2v) is 4.99. The molecule has 1 heterocycles. The molecule has 1 aromatic carbocycles. The SMILES string of the molecule is COCC(C)n1ccnc1NCCc1ccc(OC)cc1. The van der Waals surface area contributed by atoms with Crippen molar-refractivity contribution in [3.8, 4) is 5.75 Å². The lowest BCUT2D eigenvalue weighted by Crippen LogP contribution is -2.15. The van der Waals surface area contributed by atoms with Gasteiger partial charge in [0, 0.05) is 26.0 Å². The Labute approximate surface area is 125 Å². The minimum absolute atomic E-state index is 0.265. The second-order valence-electron chi connectivity index (χ2n) is 4.99. The molecule has 0 fully saturated rings. The molecule has 1 N–H and O–H groups in total. The molecule has 0 aliphatic heterocycles. The van der Waals surface area contributed by atoms with Gasteiger partial charge in [0.15, 0.2) is 0 Å². The first-order valence-electron chi connectivity index (χ1n) is 7.13. The zero-order valence-electron chi connectivity index (χ0n) is 12.9. The molecule has 0 bridgehead atoms. The quantitative estimate of drug-likeness (QED) is 0.812. The van der Waals surface area contributed by atoms with Crippen LogP contribution in [0.25, 0.3) is 0 Å². The van der Waals surface area contributed by atoms with Crippen LogP contribution >= 0.6 is 0 Å². The van der Waals surface area contributed by atoms with Crippen LogP contribution in [0, 0.1) is 0 Å². The fraction of sp³-hybridized carbons (Fsp3) is 0.438. The molecule has 0 saturated carbocycles. The fourth-order valence-corrected chi connectivity index (χ4v) is 2.24. The maximum Gasteiger partial charge on any atom is 0.203 e. The molecule has 0 amide bonds. The molecule has 21 heavy (non-hydrogen) atoms. The third-order valence-electron chi connectivity index (χ3n) is 3.41. The average molecular weight is 289 g/mol. The van der Waals surface area contributed by atoms with Crippen molar-refractivity contribution in [1.29, 1.82) is 0 Å². The first-order chi connectivity index (χ1) is 10.2. The average Bonchev–Trinajstić information content (AvgIpc) is 2.97. The molecule has 5 heteroatoms. The van der Waals surface area contributed by atoms with Crippen molar-refractivity contribution in [1.82, 2.24) is 9.55 Å². The largest absolute Gasteiger partial charge is 0.497 e. The van der Waals surface area contributed by atoms with E-state index in [1.807, 2.05) is 24.5 Å².